The summed E-state index contributed by atoms with van der Waals surface area (Å²) in [5.74, 6) is 1.49. The average molecular weight is 491 g/mol. The van der Waals surface area contributed by atoms with E-state index in [1.54, 1.807) is 0 Å². The van der Waals surface area contributed by atoms with E-state index in [1.165, 1.54) is 20.0 Å². The van der Waals surface area contributed by atoms with Gasteiger partial charge in [0.2, 0.25) is 0 Å². The Morgan fingerprint density at radius 1 is 1.32 bits per heavy atom. The van der Waals surface area contributed by atoms with Gasteiger partial charge in [0.1, 0.15) is 0 Å². The van der Waals surface area contributed by atoms with Crippen molar-refractivity contribution in [2.75, 3.05) is 7.11 Å². The fraction of sp³-hybridized carbons (Fsp3) is 0.800. The Kier molecular flexibility index (Phi) is 16.5. The van der Waals surface area contributed by atoms with E-state index in [1.807, 2.05) is 0 Å². The molecule has 0 amide bonds. The van der Waals surface area contributed by atoms with Crippen molar-refractivity contribution in [3.05, 3.63) is 6.92 Å². The standard InChI is InChI=1S/C8H13O.C7H14NO.U/c1-7-2-4-8(6-9)5-3-7;1-3-4-5-6-7(8)9-2;/h7-8H,2-5H2,1H3;8H,1,3-6H2,2H3;/q2*-1;+2. The molecule has 0 aromatic rings. The summed E-state index contributed by atoms with van der Waals surface area (Å²) in [6.07, 6.45) is 10.5. The topological polar surface area (TPSA) is 50.2 Å². The summed E-state index contributed by atoms with van der Waals surface area (Å²) in [7, 11) is 1.53. The molecule has 0 aromatic carbocycles. The van der Waals surface area contributed by atoms with E-state index in [4.69, 9.17) is 5.41 Å². The first-order valence-corrected chi connectivity index (χ1v) is 6.92. The van der Waals surface area contributed by atoms with E-state index in [9.17, 15) is 4.79 Å². The van der Waals surface area contributed by atoms with Gasteiger partial charge in [-0.25, -0.2) is 0 Å². The van der Waals surface area contributed by atoms with Crippen LogP contribution < -0.4 is 0 Å². The number of methoxy groups -OCH3 is 1. The summed E-state index contributed by atoms with van der Waals surface area (Å²) in [6.45, 7) is 5.95. The molecule has 1 saturated carbocycles. The van der Waals surface area contributed by atoms with Crippen molar-refractivity contribution < 1.29 is 40.6 Å². The maximum absolute atomic E-state index is 10.1. The molecule has 3 nitrogen and oxygen atoms in total. The average Bonchev–Trinajstić information content (AvgIpc) is 2.40. The second-order valence-corrected chi connectivity index (χ2v) is 5.01. The molecule has 1 fully saturated rings. The molecule has 0 saturated heterocycles. The third kappa shape index (κ3) is 12.9. The quantitative estimate of drug-likeness (QED) is 0.274. The normalized spacial score (nSPS) is 21.4. The first-order chi connectivity index (χ1) is 8.63. The van der Waals surface area contributed by atoms with Gasteiger partial charge in [-0.05, 0) is 12.3 Å². The Morgan fingerprint density at radius 3 is 2.32 bits per heavy atom. The van der Waals surface area contributed by atoms with E-state index in [-0.39, 0.29) is 37.0 Å². The molecule has 1 N–H and O–H groups in total. The van der Waals surface area contributed by atoms with Crippen molar-refractivity contribution >= 4 is 12.2 Å². The molecule has 1 aliphatic rings. The Balaban J connectivity index is 0. The van der Waals surface area contributed by atoms with Gasteiger partial charge in [0.25, 0.3) is 0 Å². The Morgan fingerprint density at radius 2 is 1.89 bits per heavy atom. The number of nitrogens with one attached hydrogen (secondary N) is 1. The Hall–Kier alpha value is 0.192. The maximum atomic E-state index is 10.1. The first-order valence-electron chi connectivity index (χ1n) is 6.92. The predicted octanol–water partition coefficient (Wildman–Crippen LogP) is 3.93. The third-order valence-electron chi connectivity index (χ3n) is 3.33. The van der Waals surface area contributed by atoms with Crippen LogP contribution in [0.25, 0.3) is 0 Å². The minimum atomic E-state index is 0. The van der Waals surface area contributed by atoms with Crippen LogP contribution in [0.2, 0.25) is 0 Å². The van der Waals surface area contributed by atoms with Crippen LogP contribution in [0.3, 0.4) is 0 Å². The van der Waals surface area contributed by atoms with Crippen LogP contribution in [0.4, 0.5) is 0 Å². The van der Waals surface area contributed by atoms with Crippen molar-refractivity contribution in [3.8, 4) is 0 Å². The van der Waals surface area contributed by atoms with Crippen LogP contribution in [0.1, 0.15) is 58.3 Å². The van der Waals surface area contributed by atoms with Crippen LogP contribution in [-0.4, -0.2) is 19.3 Å². The molecule has 19 heavy (non-hydrogen) atoms. The second kappa shape index (κ2) is 14.6. The molecule has 0 spiro atoms. The summed E-state index contributed by atoms with van der Waals surface area (Å²) in [4.78, 5) is 10.1. The summed E-state index contributed by atoms with van der Waals surface area (Å²) < 4.78 is 4.66. The maximum Gasteiger partial charge on any atom is 2.00 e. The van der Waals surface area contributed by atoms with E-state index in [2.05, 4.69) is 24.9 Å². The fourth-order valence-corrected chi connectivity index (χ4v) is 1.94. The predicted molar refractivity (Wildman–Crippen MR) is 75.4 cm³/mol. The molecule has 108 valence electrons. The zero-order valence-corrected chi connectivity index (χ0v) is 16.5. The molecule has 0 radical (unpaired) electrons. The Bertz CT molecular complexity index is 226. The van der Waals surface area contributed by atoms with Crippen LogP contribution in [0, 0.1) is 55.3 Å². The zero-order chi connectivity index (χ0) is 13.8. The number of ether oxygens (including phenoxy) is 1. The smallest absolute Gasteiger partial charge is 0.542 e. The molecule has 0 heterocycles. The monoisotopic (exact) mass is 491 g/mol. The van der Waals surface area contributed by atoms with Gasteiger partial charge in [0.05, 0.1) is 7.11 Å². The van der Waals surface area contributed by atoms with Gasteiger partial charge < -0.3 is 16.5 Å². The summed E-state index contributed by atoms with van der Waals surface area (Å²) in [5, 5.41) is 7.07. The van der Waals surface area contributed by atoms with Gasteiger partial charge >= 0.3 is 31.1 Å². The second-order valence-electron chi connectivity index (χ2n) is 5.01. The fourth-order valence-electron chi connectivity index (χ4n) is 1.94. The van der Waals surface area contributed by atoms with Crippen LogP contribution in [0.5, 0.6) is 0 Å². The van der Waals surface area contributed by atoms with Crippen molar-refractivity contribution in [1.82, 2.24) is 0 Å². The van der Waals surface area contributed by atoms with Gasteiger partial charge in [0, 0.05) is 6.42 Å². The molecular weight excluding hydrogens is 464 g/mol. The Labute approximate surface area is 142 Å². The molecule has 1 aliphatic carbocycles. The van der Waals surface area contributed by atoms with Gasteiger partial charge in [-0.1, -0.05) is 39.0 Å². The van der Waals surface area contributed by atoms with E-state index in [0.29, 0.717) is 5.90 Å². The van der Waals surface area contributed by atoms with Crippen molar-refractivity contribution in [1.29, 1.82) is 5.41 Å². The minimum absolute atomic E-state index is 0. The van der Waals surface area contributed by atoms with Crippen molar-refractivity contribution in [2.24, 2.45) is 11.8 Å². The van der Waals surface area contributed by atoms with E-state index in [0.717, 1.165) is 44.4 Å². The van der Waals surface area contributed by atoms with Gasteiger partial charge in [-0.2, -0.15) is 6.42 Å². The zero-order valence-electron chi connectivity index (χ0n) is 12.3. The minimum Gasteiger partial charge on any atom is -0.542 e. The number of carbonyl (C=O) groups excluding carboxylic acids is 1. The molecule has 0 aromatic heterocycles. The van der Waals surface area contributed by atoms with Crippen molar-refractivity contribution in [3.63, 3.8) is 0 Å². The molecule has 1 rings (SSSR count). The molecular formula is C15H27NO2U. The molecule has 0 atom stereocenters. The van der Waals surface area contributed by atoms with E-state index >= 15 is 0 Å². The van der Waals surface area contributed by atoms with Gasteiger partial charge in [-0.3, -0.25) is 11.7 Å². The van der Waals surface area contributed by atoms with Crippen LogP contribution >= 0.6 is 0 Å². The summed E-state index contributed by atoms with van der Waals surface area (Å²) in [5.41, 5.74) is 0. The largest absolute Gasteiger partial charge is 2.00 e. The summed E-state index contributed by atoms with van der Waals surface area (Å²) in [6, 6.07) is 0. The molecule has 0 bridgehead atoms. The van der Waals surface area contributed by atoms with E-state index < -0.39 is 0 Å². The molecule has 4 heteroatoms. The van der Waals surface area contributed by atoms with Gasteiger partial charge in [-0.15, -0.1) is 5.92 Å². The SMILES string of the molecule is CC1CCC([C-]=O)CC1.[CH2-]CCCCC(=N)OC.[U+2]. The molecule has 0 aliphatic heterocycles. The van der Waals surface area contributed by atoms with Crippen molar-refractivity contribution in [2.45, 2.75) is 58.3 Å². The van der Waals surface area contributed by atoms with Crippen LogP contribution in [-0.2, 0) is 9.53 Å². The number of hydrogen-bond acceptors (Lipinski definition) is 3. The van der Waals surface area contributed by atoms with Crippen LogP contribution in [0.15, 0.2) is 0 Å². The number of rotatable bonds is 5. The number of hydrogen-bond donors (Lipinski definition) is 1. The first kappa shape index (κ1) is 21.5. The third-order valence-corrected chi connectivity index (χ3v) is 3.33. The summed E-state index contributed by atoms with van der Waals surface area (Å²) >= 11 is 0. The van der Waals surface area contributed by atoms with Gasteiger partial charge in [0.15, 0.2) is 5.90 Å². The number of unbranched alkanes of at least 4 members (excludes halogenated alkanes) is 2. The molecule has 0 unspecified atom stereocenters.